The number of nitrogens with zero attached hydrogens (tertiary/aromatic N) is 4. The highest BCUT2D eigenvalue weighted by molar-refractivity contribution is 7.22. The number of hydrogen-bond acceptors (Lipinski definition) is 8. The van der Waals surface area contributed by atoms with Gasteiger partial charge in [0, 0.05) is 6.20 Å². The fourth-order valence-corrected chi connectivity index (χ4v) is 3.35. The molecule has 7 nitrogen and oxygen atoms in total. The second kappa shape index (κ2) is 6.33. The van der Waals surface area contributed by atoms with E-state index in [9.17, 15) is 0 Å². The van der Waals surface area contributed by atoms with Crippen LogP contribution in [-0.4, -0.2) is 19.9 Å². The number of thiazole rings is 1. The van der Waals surface area contributed by atoms with Crippen LogP contribution in [0.1, 0.15) is 5.56 Å². The second-order valence-corrected chi connectivity index (χ2v) is 6.45. The van der Waals surface area contributed by atoms with Crippen LogP contribution in [0, 0.1) is 6.92 Å². The number of nitrogen functional groups attached to an aromatic ring is 1. The molecule has 0 radical (unpaired) electrons. The van der Waals surface area contributed by atoms with Gasteiger partial charge in [-0.25, -0.2) is 15.0 Å². The summed E-state index contributed by atoms with van der Waals surface area (Å²) in [5.74, 6) is 1.03. The summed E-state index contributed by atoms with van der Waals surface area (Å²) < 4.78 is 1.11. The predicted octanol–water partition coefficient (Wildman–Crippen LogP) is 3.86. The number of aromatic nitrogens is 4. The minimum Gasteiger partial charge on any atom is -0.393 e. The third-order valence-corrected chi connectivity index (χ3v) is 4.59. The molecule has 0 spiro atoms. The first-order chi connectivity index (χ1) is 12.2. The quantitative estimate of drug-likeness (QED) is 0.514. The first-order valence-electron chi connectivity index (χ1n) is 7.61. The minimum atomic E-state index is 0.419. The van der Waals surface area contributed by atoms with Crippen molar-refractivity contribution in [1.29, 1.82) is 0 Å². The molecule has 3 heterocycles. The molecule has 8 heteroatoms. The molecule has 3 aromatic heterocycles. The lowest BCUT2D eigenvalue weighted by atomic mass is 10.2. The van der Waals surface area contributed by atoms with Crippen molar-refractivity contribution < 1.29 is 0 Å². The van der Waals surface area contributed by atoms with Crippen LogP contribution in [0.5, 0.6) is 0 Å². The number of benzene rings is 1. The highest BCUT2D eigenvalue weighted by atomic mass is 32.1. The molecule has 0 unspecified atom stereocenters. The molecule has 0 atom stereocenters. The van der Waals surface area contributed by atoms with Gasteiger partial charge in [-0.15, -0.1) is 0 Å². The molecule has 0 amide bonds. The van der Waals surface area contributed by atoms with Gasteiger partial charge in [-0.2, -0.15) is 0 Å². The number of nitrogens with one attached hydrogen (secondary N) is 2. The van der Waals surface area contributed by atoms with Gasteiger partial charge in [0.2, 0.25) is 0 Å². The number of aryl methyl sites for hydroxylation is 1. The first-order valence-corrected chi connectivity index (χ1v) is 8.43. The average Bonchev–Trinajstić information content (AvgIpc) is 3.03. The van der Waals surface area contributed by atoms with Gasteiger partial charge in [-0.05, 0) is 30.7 Å². The molecule has 25 heavy (non-hydrogen) atoms. The summed E-state index contributed by atoms with van der Waals surface area (Å²) in [6.07, 6.45) is 4.86. The molecule has 0 bridgehead atoms. The maximum Gasteiger partial charge on any atom is 0.189 e. The Bertz CT molecular complexity index is 1030. The molecule has 1 aromatic carbocycles. The van der Waals surface area contributed by atoms with Crippen molar-refractivity contribution in [2.75, 3.05) is 16.4 Å². The van der Waals surface area contributed by atoms with E-state index in [1.807, 2.05) is 37.3 Å². The van der Waals surface area contributed by atoms with E-state index in [0.29, 0.717) is 17.3 Å². The monoisotopic (exact) mass is 349 g/mol. The Morgan fingerprint density at radius 1 is 1.04 bits per heavy atom. The summed E-state index contributed by atoms with van der Waals surface area (Å²) in [5, 5.41) is 7.07. The standard InChI is InChI=1S/C17H15N7S/c1-10-4-2-6-12-14(10)23-17(25-12)24-16-13(18)15(20-9-21-16)22-11-5-3-7-19-8-11/h2-9H,18H2,1H3,(H2,20,21,22,23,24). The molecule has 0 aliphatic rings. The van der Waals surface area contributed by atoms with Gasteiger partial charge in [0.1, 0.15) is 12.0 Å². The van der Waals surface area contributed by atoms with E-state index in [1.165, 1.54) is 6.33 Å². The maximum absolute atomic E-state index is 6.21. The predicted molar refractivity (Wildman–Crippen MR) is 102 cm³/mol. The molecule has 124 valence electrons. The largest absolute Gasteiger partial charge is 0.393 e. The third kappa shape index (κ3) is 3.07. The number of hydrogen-bond donors (Lipinski definition) is 3. The number of para-hydroxylation sites is 1. The summed E-state index contributed by atoms with van der Waals surface area (Å²) in [6, 6.07) is 9.83. The van der Waals surface area contributed by atoms with Crippen LogP contribution < -0.4 is 16.4 Å². The summed E-state index contributed by atoms with van der Waals surface area (Å²) >= 11 is 1.56. The highest BCUT2D eigenvalue weighted by Crippen LogP contribution is 2.32. The zero-order valence-electron chi connectivity index (χ0n) is 13.4. The van der Waals surface area contributed by atoms with Crippen LogP contribution in [0.4, 0.5) is 28.1 Å². The molecule has 0 fully saturated rings. The van der Waals surface area contributed by atoms with Crippen LogP contribution in [0.15, 0.2) is 49.1 Å². The smallest absolute Gasteiger partial charge is 0.189 e. The number of nitrogens with two attached hydrogens (primary N) is 1. The summed E-state index contributed by atoms with van der Waals surface area (Å²) in [7, 11) is 0. The Morgan fingerprint density at radius 2 is 1.88 bits per heavy atom. The summed E-state index contributed by atoms with van der Waals surface area (Å²) in [5.41, 5.74) is 9.55. The van der Waals surface area contributed by atoms with Gasteiger partial charge in [-0.1, -0.05) is 23.5 Å². The first kappa shape index (κ1) is 15.3. The zero-order chi connectivity index (χ0) is 17.2. The lowest BCUT2D eigenvalue weighted by molar-refractivity contribution is 1.17. The molecule has 4 aromatic rings. The molecule has 0 aliphatic carbocycles. The van der Waals surface area contributed by atoms with Gasteiger partial charge in [-0.3, -0.25) is 4.98 Å². The van der Waals surface area contributed by atoms with Crippen molar-refractivity contribution in [1.82, 2.24) is 19.9 Å². The van der Waals surface area contributed by atoms with E-state index >= 15 is 0 Å². The lowest BCUT2D eigenvalue weighted by Gasteiger charge is -2.10. The SMILES string of the molecule is Cc1cccc2sc(Nc3ncnc(Nc4cccnc4)c3N)nc12. The van der Waals surface area contributed by atoms with Crippen molar-refractivity contribution in [3.8, 4) is 0 Å². The third-order valence-electron chi connectivity index (χ3n) is 3.65. The van der Waals surface area contributed by atoms with Crippen molar-refractivity contribution in [3.05, 3.63) is 54.6 Å². The topological polar surface area (TPSA) is 102 Å². The Kier molecular flexibility index (Phi) is 3.87. The van der Waals surface area contributed by atoms with Crippen molar-refractivity contribution in [3.63, 3.8) is 0 Å². The van der Waals surface area contributed by atoms with E-state index in [0.717, 1.165) is 26.6 Å². The number of fused-ring (bicyclic) bond motifs is 1. The fourth-order valence-electron chi connectivity index (χ4n) is 2.41. The van der Waals surface area contributed by atoms with Crippen LogP contribution in [0.3, 0.4) is 0 Å². The number of pyridine rings is 1. The summed E-state index contributed by atoms with van der Waals surface area (Å²) in [4.78, 5) is 17.1. The van der Waals surface area contributed by atoms with Gasteiger partial charge < -0.3 is 16.4 Å². The fraction of sp³-hybridized carbons (Fsp3) is 0.0588. The zero-order valence-corrected chi connectivity index (χ0v) is 14.2. The van der Waals surface area contributed by atoms with Crippen LogP contribution in [-0.2, 0) is 0 Å². The van der Waals surface area contributed by atoms with Crippen LogP contribution in [0.2, 0.25) is 0 Å². The van der Waals surface area contributed by atoms with Crippen molar-refractivity contribution >= 4 is 49.7 Å². The van der Waals surface area contributed by atoms with E-state index in [4.69, 9.17) is 5.73 Å². The number of anilines is 5. The highest BCUT2D eigenvalue weighted by Gasteiger charge is 2.12. The van der Waals surface area contributed by atoms with Crippen LogP contribution >= 0.6 is 11.3 Å². The van der Waals surface area contributed by atoms with Gasteiger partial charge in [0.15, 0.2) is 16.8 Å². The maximum atomic E-state index is 6.21. The number of rotatable bonds is 4. The Hall–Kier alpha value is -3.26. The van der Waals surface area contributed by atoms with Gasteiger partial charge >= 0.3 is 0 Å². The molecular weight excluding hydrogens is 334 g/mol. The van der Waals surface area contributed by atoms with E-state index in [1.54, 1.807) is 23.7 Å². The van der Waals surface area contributed by atoms with Crippen LogP contribution in [0.25, 0.3) is 10.2 Å². The molecule has 0 saturated carbocycles. The minimum absolute atomic E-state index is 0.419. The molecule has 4 rings (SSSR count). The molecular formula is C17H15N7S. The molecule has 4 N–H and O–H groups in total. The molecule has 0 aliphatic heterocycles. The summed E-state index contributed by atoms with van der Waals surface area (Å²) in [6.45, 7) is 2.04. The van der Waals surface area contributed by atoms with Crippen molar-refractivity contribution in [2.24, 2.45) is 0 Å². The normalized spacial score (nSPS) is 10.8. The van der Waals surface area contributed by atoms with E-state index in [2.05, 4.69) is 30.6 Å². The Balaban J connectivity index is 1.64. The second-order valence-electron chi connectivity index (χ2n) is 5.42. The Labute approximate surface area is 148 Å². The lowest BCUT2D eigenvalue weighted by Crippen LogP contribution is -2.05. The van der Waals surface area contributed by atoms with Crippen molar-refractivity contribution in [2.45, 2.75) is 6.92 Å². The van der Waals surface area contributed by atoms with Gasteiger partial charge in [0.05, 0.1) is 22.1 Å². The average molecular weight is 349 g/mol. The van der Waals surface area contributed by atoms with E-state index < -0.39 is 0 Å². The Morgan fingerprint density at radius 3 is 2.64 bits per heavy atom. The molecule has 0 saturated heterocycles. The van der Waals surface area contributed by atoms with Gasteiger partial charge in [0.25, 0.3) is 0 Å². The van der Waals surface area contributed by atoms with E-state index in [-0.39, 0.29) is 0 Å².